The molecular formula is C19H13ClOSe. The van der Waals surface area contributed by atoms with Crippen LogP contribution in [0.15, 0.2) is 82.3 Å². The van der Waals surface area contributed by atoms with Crippen molar-refractivity contribution >= 4 is 25.6 Å². The molecule has 0 amide bonds. The van der Waals surface area contributed by atoms with Crippen LogP contribution in [0.5, 0.6) is 0 Å². The molecule has 0 radical (unpaired) electrons. The van der Waals surface area contributed by atoms with Crippen LogP contribution in [0.4, 0.5) is 0 Å². The molecular weight excluding hydrogens is 359 g/mol. The van der Waals surface area contributed by atoms with E-state index in [1.807, 2.05) is 6.07 Å². The third-order valence-corrected chi connectivity index (χ3v) is 5.27. The predicted molar refractivity (Wildman–Crippen MR) is 88.4 cm³/mol. The zero-order valence-corrected chi connectivity index (χ0v) is 14.2. The Hall–Kier alpha value is -1.86. The Morgan fingerprint density at radius 3 is 2.32 bits per heavy atom. The van der Waals surface area contributed by atoms with Crippen LogP contribution in [-0.4, -0.2) is 14.9 Å². The molecule has 0 fully saturated rings. The molecule has 0 aliphatic carbocycles. The predicted octanol–water partition coefficient (Wildman–Crippen LogP) is 2.11. The second kappa shape index (κ2) is 6.49. The first-order chi connectivity index (χ1) is 10.4. The van der Waals surface area contributed by atoms with Crippen molar-refractivity contribution in [1.82, 2.24) is 0 Å². The van der Waals surface area contributed by atoms with Crippen molar-refractivity contribution in [3.63, 3.8) is 0 Å². The SMILES string of the molecule is [Cl-].c1ccc(-c2cc(-c3cccc4ccccc34)[o+][se]2)cc1. The van der Waals surface area contributed by atoms with Crippen molar-refractivity contribution in [2.45, 2.75) is 0 Å². The van der Waals surface area contributed by atoms with Crippen LogP contribution in [0.25, 0.3) is 32.1 Å². The van der Waals surface area contributed by atoms with Crippen LogP contribution in [0.3, 0.4) is 0 Å². The first-order valence-corrected chi connectivity index (χ1v) is 8.44. The Morgan fingerprint density at radius 1 is 0.727 bits per heavy atom. The molecule has 1 aromatic heterocycles. The molecule has 4 aromatic rings. The number of benzene rings is 3. The molecule has 0 atom stereocenters. The van der Waals surface area contributed by atoms with E-state index in [0.717, 1.165) is 5.76 Å². The maximum atomic E-state index is 6.00. The summed E-state index contributed by atoms with van der Waals surface area (Å²) in [5.74, 6) is 0.991. The zero-order chi connectivity index (χ0) is 14.1. The van der Waals surface area contributed by atoms with Crippen LogP contribution in [0.2, 0.25) is 0 Å². The molecule has 0 unspecified atom stereocenters. The summed E-state index contributed by atoms with van der Waals surface area (Å²) in [4.78, 5) is 0. The number of fused-ring (bicyclic) bond motifs is 1. The second-order valence-corrected chi connectivity index (χ2v) is 6.55. The molecule has 0 aliphatic heterocycles. The van der Waals surface area contributed by atoms with E-state index in [0.29, 0.717) is 0 Å². The van der Waals surface area contributed by atoms with Gasteiger partial charge in [-0.2, -0.15) is 0 Å². The third kappa shape index (κ3) is 2.74. The molecule has 4 rings (SSSR count). The van der Waals surface area contributed by atoms with Crippen molar-refractivity contribution < 1.29 is 15.9 Å². The number of halogens is 1. The van der Waals surface area contributed by atoms with E-state index in [4.69, 9.17) is 3.48 Å². The van der Waals surface area contributed by atoms with E-state index >= 15 is 0 Å². The Bertz CT molecular complexity index is 894. The van der Waals surface area contributed by atoms with Crippen LogP contribution in [0, 0.1) is 0 Å². The summed E-state index contributed by atoms with van der Waals surface area (Å²) in [6, 6.07) is 27.5. The quantitative estimate of drug-likeness (QED) is 0.388. The summed E-state index contributed by atoms with van der Waals surface area (Å²) in [7, 11) is 0. The van der Waals surface area contributed by atoms with Gasteiger partial charge in [-0.25, -0.2) is 0 Å². The third-order valence-electron chi connectivity index (χ3n) is 3.60. The van der Waals surface area contributed by atoms with Gasteiger partial charge in [0.05, 0.1) is 0 Å². The van der Waals surface area contributed by atoms with E-state index in [1.54, 1.807) is 0 Å². The van der Waals surface area contributed by atoms with Gasteiger partial charge in [0.25, 0.3) is 0 Å². The monoisotopic (exact) mass is 372 g/mol. The maximum absolute atomic E-state index is 6.00. The van der Waals surface area contributed by atoms with Gasteiger partial charge in [-0.05, 0) is 0 Å². The van der Waals surface area contributed by atoms with Gasteiger partial charge in [0, 0.05) is 0 Å². The Kier molecular flexibility index (Phi) is 4.44. The van der Waals surface area contributed by atoms with E-state index in [2.05, 4.69) is 72.8 Å². The van der Waals surface area contributed by atoms with Gasteiger partial charge in [-0.15, -0.1) is 0 Å². The molecule has 0 aliphatic rings. The van der Waals surface area contributed by atoms with Gasteiger partial charge in [-0.1, -0.05) is 0 Å². The molecule has 0 saturated carbocycles. The Labute approximate surface area is 141 Å². The number of rotatable bonds is 2. The van der Waals surface area contributed by atoms with E-state index in [-0.39, 0.29) is 27.3 Å². The average molecular weight is 372 g/mol. The summed E-state index contributed by atoms with van der Waals surface area (Å²) < 4.78 is 7.30. The van der Waals surface area contributed by atoms with E-state index in [9.17, 15) is 0 Å². The second-order valence-electron chi connectivity index (χ2n) is 4.93. The van der Waals surface area contributed by atoms with Gasteiger partial charge in [0.1, 0.15) is 0 Å². The number of hydrogen-bond acceptors (Lipinski definition) is 0. The molecule has 0 spiro atoms. The molecule has 108 valence electrons. The molecule has 0 N–H and O–H groups in total. The molecule has 1 nitrogen and oxygen atoms in total. The molecule has 0 bridgehead atoms. The van der Waals surface area contributed by atoms with Crippen molar-refractivity contribution in [1.29, 1.82) is 0 Å². The molecule has 22 heavy (non-hydrogen) atoms. The fraction of sp³-hybridized carbons (Fsp3) is 0. The molecule has 1 heterocycles. The van der Waals surface area contributed by atoms with Gasteiger partial charge >= 0.3 is 129 Å². The fourth-order valence-electron chi connectivity index (χ4n) is 2.55. The van der Waals surface area contributed by atoms with Crippen LogP contribution in [-0.2, 0) is 0 Å². The average Bonchev–Trinajstić information content (AvgIpc) is 3.05. The van der Waals surface area contributed by atoms with Crippen LogP contribution < -0.4 is 12.4 Å². The van der Waals surface area contributed by atoms with Gasteiger partial charge in [-0.3, -0.25) is 0 Å². The Balaban J connectivity index is 0.00000144. The van der Waals surface area contributed by atoms with Gasteiger partial charge in [0.15, 0.2) is 0 Å². The summed E-state index contributed by atoms with van der Waals surface area (Å²) in [6.45, 7) is 0. The summed E-state index contributed by atoms with van der Waals surface area (Å²) >= 11 is 0.0492. The van der Waals surface area contributed by atoms with E-state index in [1.165, 1.54) is 26.3 Å². The van der Waals surface area contributed by atoms with Crippen LogP contribution in [0.1, 0.15) is 0 Å². The van der Waals surface area contributed by atoms with Crippen LogP contribution >= 0.6 is 0 Å². The first-order valence-electron chi connectivity index (χ1n) is 6.88. The summed E-state index contributed by atoms with van der Waals surface area (Å²) in [5.41, 5.74) is 2.44. The van der Waals surface area contributed by atoms with Gasteiger partial charge < -0.3 is 12.4 Å². The molecule has 0 saturated heterocycles. The fourth-order valence-corrected chi connectivity index (χ4v) is 4.03. The topological polar surface area (TPSA) is 11.3 Å². The van der Waals surface area contributed by atoms with Crippen molar-refractivity contribution in [3.8, 4) is 21.3 Å². The minimum atomic E-state index is 0. The number of hydrogen-bond donors (Lipinski definition) is 0. The summed E-state index contributed by atoms with van der Waals surface area (Å²) in [5, 5.41) is 2.50. The normalized spacial score (nSPS) is 10.4. The Morgan fingerprint density at radius 2 is 1.45 bits per heavy atom. The standard InChI is InChI=1S/C19H13OSe.ClH/c1-2-8-15(9-3-1)19-13-18(20-21-19)17-12-6-10-14-7-4-5-11-16(14)17;/h1-13H;1H/q+1;/p-1. The van der Waals surface area contributed by atoms with Crippen molar-refractivity contribution in [2.75, 3.05) is 0 Å². The van der Waals surface area contributed by atoms with Crippen molar-refractivity contribution in [2.24, 2.45) is 0 Å². The first kappa shape index (κ1) is 15.1. The zero-order valence-electron chi connectivity index (χ0n) is 11.7. The van der Waals surface area contributed by atoms with Gasteiger partial charge in [0.2, 0.25) is 0 Å². The minimum absolute atomic E-state index is 0. The van der Waals surface area contributed by atoms with E-state index < -0.39 is 0 Å². The van der Waals surface area contributed by atoms with Crippen molar-refractivity contribution in [3.05, 3.63) is 78.9 Å². The molecule has 3 heteroatoms. The summed E-state index contributed by atoms with van der Waals surface area (Å²) in [6.07, 6.45) is 0. The molecule has 3 aromatic carbocycles.